The third-order valence-electron chi connectivity index (χ3n) is 4.47. The van der Waals surface area contributed by atoms with E-state index in [0.29, 0.717) is 0 Å². The van der Waals surface area contributed by atoms with E-state index < -0.39 is 6.16 Å². The standard InChI is InChI=1S/C15H17N3O4/c19-14-16-11-3-1-2-4-12(11)18(14)10-5-7-17(8-6-10)13-9-21-15(20)22-13/h1-4,10,13H,5-9H2,(H,16,19). The molecule has 0 spiro atoms. The molecular formula is C15H17N3O4. The van der Waals surface area contributed by atoms with Gasteiger partial charge in [0.15, 0.2) is 6.23 Å². The molecule has 0 amide bonds. The molecule has 4 rings (SSSR count). The topological polar surface area (TPSA) is 76.6 Å². The van der Waals surface area contributed by atoms with Crippen molar-refractivity contribution in [2.45, 2.75) is 25.1 Å². The average Bonchev–Trinajstić information content (AvgIpc) is 3.10. The van der Waals surface area contributed by atoms with E-state index in [0.717, 1.165) is 37.0 Å². The summed E-state index contributed by atoms with van der Waals surface area (Å²) in [7, 11) is 0. The number of hydrogen-bond acceptors (Lipinski definition) is 5. The van der Waals surface area contributed by atoms with E-state index in [2.05, 4.69) is 9.88 Å². The minimum Gasteiger partial charge on any atom is -0.429 e. The van der Waals surface area contributed by atoms with Crippen LogP contribution in [-0.4, -0.2) is 46.5 Å². The molecule has 7 heteroatoms. The molecule has 0 bridgehead atoms. The highest BCUT2D eigenvalue weighted by molar-refractivity contribution is 5.75. The summed E-state index contributed by atoms with van der Waals surface area (Å²) in [4.78, 5) is 28.2. The Balaban J connectivity index is 1.52. The predicted octanol–water partition coefficient (Wildman–Crippen LogP) is 1.46. The van der Waals surface area contributed by atoms with Crippen LogP contribution in [0.15, 0.2) is 29.1 Å². The van der Waals surface area contributed by atoms with E-state index in [9.17, 15) is 9.59 Å². The van der Waals surface area contributed by atoms with Gasteiger partial charge >= 0.3 is 11.8 Å². The van der Waals surface area contributed by atoms with Gasteiger partial charge in [0.25, 0.3) is 0 Å². The van der Waals surface area contributed by atoms with Crippen molar-refractivity contribution in [1.82, 2.24) is 14.5 Å². The normalized spacial score (nSPS) is 23.6. The number of hydrogen-bond donors (Lipinski definition) is 1. The molecule has 3 heterocycles. The van der Waals surface area contributed by atoms with Crippen LogP contribution in [0.1, 0.15) is 18.9 Å². The Hall–Kier alpha value is -2.28. The van der Waals surface area contributed by atoms with Crippen molar-refractivity contribution in [2.24, 2.45) is 0 Å². The molecule has 1 aromatic heterocycles. The fourth-order valence-electron chi connectivity index (χ4n) is 3.37. The molecule has 1 aromatic carbocycles. The minimum absolute atomic E-state index is 0.0599. The third kappa shape index (κ3) is 2.18. The fraction of sp³-hybridized carbons (Fsp3) is 0.467. The van der Waals surface area contributed by atoms with Gasteiger partial charge in [-0.15, -0.1) is 0 Å². The zero-order valence-electron chi connectivity index (χ0n) is 12.0. The van der Waals surface area contributed by atoms with Gasteiger partial charge in [-0.2, -0.15) is 0 Å². The Morgan fingerprint density at radius 1 is 1.14 bits per heavy atom. The van der Waals surface area contributed by atoms with Gasteiger partial charge in [-0.05, 0) is 25.0 Å². The third-order valence-corrected chi connectivity index (χ3v) is 4.47. The fourth-order valence-corrected chi connectivity index (χ4v) is 3.37. The van der Waals surface area contributed by atoms with Gasteiger partial charge in [0.05, 0.1) is 11.0 Å². The zero-order chi connectivity index (χ0) is 15.1. The first kappa shape index (κ1) is 13.4. The average molecular weight is 303 g/mol. The molecule has 116 valence electrons. The number of para-hydroxylation sites is 2. The molecular weight excluding hydrogens is 286 g/mol. The first-order valence-corrected chi connectivity index (χ1v) is 7.49. The Morgan fingerprint density at radius 3 is 2.64 bits per heavy atom. The number of fused-ring (bicyclic) bond motifs is 1. The quantitative estimate of drug-likeness (QED) is 0.850. The highest BCUT2D eigenvalue weighted by Gasteiger charge is 2.34. The smallest absolute Gasteiger partial charge is 0.429 e. The van der Waals surface area contributed by atoms with Gasteiger partial charge in [0.1, 0.15) is 6.61 Å². The number of piperidine rings is 1. The van der Waals surface area contributed by atoms with Crippen molar-refractivity contribution in [1.29, 1.82) is 0 Å². The maximum Gasteiger partial charge on any atom is 0.510 e. The summed E-state index contributed by atoms with van der Waals surface area (Å²) in [5.41, 5.74) is 1.75. The number of benzene rings is 1. The summed E-state index contributed by atoms with van der Waals surface area (Å²) in [6, 6.07) is 7.90. The van der Waals surface area contributed by atoms with Gasteiger partial charge in [0.2, 0.25) is 0 Å². The summed E-state index contributed by atoms with van der Waals surface area (Å²) < 4.78 is 11.8. The Labute approximate surface area is 126 Å². The van der Waals surface area contributed by atoms with Crippen LogP contribution in [0.2, 0.25) is 0 Å². The maximum atomic E-state index is 12.2. The van der Waals surface area contributed by atoms with Crippen molar-refractivity contribution in [3.05, 3.63) is 34.7 Å². The van der Waals surface area contributed by atoms with Crippen molar-refractivity contribution in [3.63, 3.8) is 0 Å². The molecule has 22 heavy (non-hydrogen) atoms. The molecule has 1 N–H and O–H groups in total. The molecule has 1 unspecified atom stereocenters. The van der Waals surface area contributed by atoms with Crippen LogP contribution < -0.4 is 5.69 Å². The van der Waals surface area contributed by atoms with Gasteiger partial charge in [-0.3, -0.25) is 9.47 Å². The van der Waals surface area contributed by atoms with Crippen molar-refractivity contribution >= 4 is 17.2 Å². The monoisotopic (exact) mass is 303 g/mol. The molecule has 2 aromatic rings. The highest BCUT2D eigenvalue weighted by Crippen LogP contribution is 2.26. The van der Waals surface area contributed by atoms with Gasteiger partial charge in [-0.25, -0.2) is 9.59 Å². The summed E-state index contributed by atoms with van der Waals surface area (Å²) in [5, 5.41) is 0. The summed E-state index contributed by atoms with van der Waals surface area (Å²) in [5.74, 6) is 0. The number of nitrogens with zero attached hydrogens (tertiary/aromatic N) is 2. The predicted molar refractivity (Wildman–Crippen MR) is 78.6 cm³/mol. The van der Waals surface area contributed by atoms with E-state index in [-0.39, 0.29) is 24.6 Å². The SMILES string of the molecule is O=C1OCC(N2CCC(n3c(=O)[nH]c4ccccc43)CC2)O1. The van der Waals surface area contributed by atoms with Crippen LogP contribution >= 0.6 is 0 Å². The molecule has 2 aliphatic rings. The van der Waals surface area contributed by atoms with E-state index in [4.69, 9.17) is 9.47 Å². The zero-order valence-corrected chi connectivity index (χ0v) is 12.0. The molecule has 2 fully saturated rings. The van der Waals surface area contributed by atoms with Gasteiger partial charge in [0, 0.05) is 19.1 Å². The number of carbonyl (C=O) groups excluding carboxylic acids is 1. The van der Waals surface area contributed by atoms with E-state index in [1.54, 1.807) is 0 Å². The lowest BCUT2D eigenvalue weighted by Crippen LogP contribution is -2.44. The minimum atomic E-state index is -0.597. The number of aromatic amines is 1. The first-order valence-electron chi connectivity index (χ1n) is 7.49. The number of cyclic esters (lactones) is 2. The van der Waals surface area contributed by atoms with Crippen molar-refractivity contribution < 1.29 is 14.3 Å². The van der Waals surface area contributed by atoms with Crippen LogP contribution in [0.3, 0.4) is 0 Å². The molecule has 1 atom stereocenters. The maximum absolute atomic E-state index is 12.2. The molecule has 0 saturated carbocycles. The van der Waals surface area contributed by atoms with Crippen LogP contribution in [0.4, 0.5) is 4.79 Å². The Kier molecular flexibility index (Phi) is 3.15. The number of imidazole rings is 1. The lowest BCUT2D eigenvalue weighted by atomic mass is 10.0. The summed E-state index contributed by atoms with van der Waals surface area (Å²) >= 11 is 0. The van der Waals surface area contributed by atoms with Crippen molar-refractivity contribution in [2.75, 3.05) is 19.7 Å². The second-order valence-electron chi connectivity index (χ2n) is 5.72. The van der Waals surface area contributed by atoms with Crippen molar-refractivity contribution in [3.8, 4) is 0 Å². The molecule has 0 aliphatic carbocycles. The van der Waals surface area contributed by atoms with E-state index >= 15 is 0 Å². The largest absolute Gasteiger partial charge is 0.510 e. The van der Waals surface area contributed by atoms with E-state index in [1.165, 1.54) is 0 Å². The van der Waals surface area contributed by atoms with Crippen LogP contribution in [-0.2, 0) is 9.47 Å². The van der Waals surface area contributed by atoms with Crippen LogP contribution in [0.5, 0.6) is 0 Å². The Morgan fingerprint density at radius 2 is 1.91 bits per heavy atom. The molecule has 7 nitrogen and oxygen atoms in total. The number of rotatable bonds is 2. The lowest BCUT2D eigenvalue weighted by Gasteiger charge is -2.34. The number of H-pyrrole nitrogens is 1. The summed E-state index contributed by atoms with van der Waals surface area (Å²) in [6.45, 7) is 1.84. The molecule has 0 radical (unpaired) electrons. The number of ether oxygens (including phenoxy) is 2. The second-order valence-corrected chi connectivity index (χ2v) is 5.72. The first-order chi connectivity index (χ1) is 10.7. The van der Waals surface area contributed by atoms with E-state index in [1.807, 2.05) is 28.8 Å². The van der Waals surface area contributed by atoms with Crippen LogP contribution in [0, 0.1) is 0 Å². The number of likely N-dealkylation sites (tertiary alicyclic amines) is 1. The molecule has 2 aliphatic heterocycles. The van der Waals surface area contributed by atoms with Gasteiger partial charge in [-0.1, -0.05) is 12.1 Å². The lowest BCUT2D eigenvalue weighted by molar-refractivity contribution is 0.00270. The second kappa shape index (κ2) is 5.17. The van der Waals surface area contributed by atoms with Gasteiger partial charge < -0.3 is 14.5 Å². The summed E-state index contributed by atoms with van der Waals surface area (Å²) in [6.07, 6.45) is 0.805. The number of nitrogens with one attached hydrogen (secondary N) is 1. The highest BCUT2D eigenvalue weighted by atomic mass is 16.8. The molecule has 2 saturated heterocycles. The van der Waals surface area contributed by atoms with Crippen LogP contribution in [0.25, 0.3) is 11.0 Å². The Bertz CT molecular complexity index is 757. The number of carbonyl (C=O) groups is 1. The number of aromatic nitrogens is 2.